The van der Waals surface area contributed by atoms with E-state index in [-0.39, 0.29) is 0 Å². The Morgan fingerprint density at radius 2 is 2.24 bits per heavy atom. The number of aromatic nitrogens is 1. The molecular formula is C15H24N4O2. The summed E-state index contributed by atoms with van der Waals surface area (Å²) in [4.78, 5) is 4.30. The van der Waals surface area contributed by atoms with Gasteiger partial charge < -0.3 is 19.9 Å². The lowest BCUT2D eigenvalue weighted by Crippen LogP contribution is -2.47. The van der Waals surface area contributed by atoms with E-state index in [1.807, 2.05) is 13.8 Å². The lowest BCUT2D eigenvalue weighted by atomic mass is 9.96. The second kappa shape index (κ2) is 6.05. The van der Waals surface area contributed by atoms with Crippen molar-refractivity contribution >= 4 is 5.96 Å². The Morgan fingerprint density at radius 3 is 2.81 bits per heavy atom. The van der Waals surface area contributed by atoms with Crippen molar-refractivity contribution in [2.45, 2.75) is 57.8 Å². The highest BCUT2D eigenvalue weighted by atomic mass is 16.5. The third-order valence-corrected chi connectivity index (χ3v) is 4.50. The van der Waals surface area contributed by atoms with Crippen LogP contribution in [-0.2, 0) is 11.2 Å². The van der Waals surface area contributed by atoms with Crippen LogP contribution in [0.5, 0.6) is 0 Å². The first kappa shape index (κ1) is 14.4. The van der Waals surface area contributed by atoms with Crippen molar-refractivity contribution in [3.63, 3.8) is 0 Å². The largest absolute Gasteiger partial charge is 0.373 e. The molecule has 6 heteroatoms. The molecule has 0 radical (unpaired) electrons. The molecule has 2 fully saturated rings. The van der Waals surface area contributed by atoms with Crippen LogP contribution in [0.3, 0.4) is 0 Å². The SMILES string of the molecule is CN=C(NCCc1c(C)noc1C)NC1CC2CCC1O2. The van der Waals surface area contributed by atoms with Crippen LogP contribution in [0.2, 0.25) is 0 Å². The van der Waals surface area contributed by atoms with Gasteiger partial charge in [0.25, 0.3) is 0 Å². The van der Waals surface area contributed by atoms with Crippen molar-refractivity contribution in [2.24, 2.45) is 4.99 Å². The summed E-state index contributed by atoms with van der Waals surface area (Å²) in [6.45, 7) is 4.74. The molecule has 1 aromatic rings. The Morgan fingerprint density at radius 1 is 1.38 bits per heavy atom. The summed E-state index contributed by atoms with van der Waals surface area (Å²) in [7, 11) is 1.80. The molecule has 3 unspecified atom stereocenters. The van der Waals surface area contributed by atoms with E-state index in [0.717, 1.165) is 36.8 Å². The number of guanidine groups is 1. The summed E-state index contributed by atoms with van der Waals surface area (Å²) in [6.07, 6.45) is 5.16. The molecule has 1 aromatic heterocycles. The zero-order chi connectivity index (χ0) is 14.8. The topological polar surface area (TPSA) is 71.7 Å². The van der Waals surface area contributed by atoms with Crippen LogP contribution in [-0.4, -0.2) is 43.0 Å². The van der Waals surface area contributed by atoms with Gasteiger partial charge in [0.05, 0.1) is 23.9 Å². The summed E-state index contributed by atoms with van der Waals surface area (Å²) in [5.41, 5.74) is 2.15. The Labute approximate surface area is 125 Å². The quantitative estimate of drug-likeness (QED) is 0.647. The first-order valence-electron chi connectivity index (χ1n) is 7.71. The summed E-state index contributed by atoms with van der Waals surface area (Å²) < 4.78 is 11.0. The lowest BCUT2D eigenvalue weighted by molar-refractivity contribution is 0.0992. The Kier molecular flexibility index (Phi) is 4.14. The molecule has 2 bridgehead atoms. The minimum Gasteiger partial charge on any atom is -0.373 e. The Bertz CT molecular complexity index is 506. The van der Waals surface area contributed by atoms with Gasteiger partial charge in [0.15, 0.2) is 5.96 Å². The number of rotatable bonds is 4. The number of fused-ring (bicyclic) bond motifs is 2. The van der Waals surface area contributed by atoms with Gasteiger partial charge in [-0.15, -0.1) is 0 Å². The normalized spacial score (nSPS) is 28.1. The molecule has 3 rings (SSSR count). The average Bonchev–Trinajstić information content (AvgIpc) is 3.17. The molecule has 0 aliphatic carbocycles. The zero-order valence-corrected chi connectivity index (χ0v) is 13.0. The summed E-state index contributed by atoms with van der Waals surface area (Å²) in [6, 6.07) is 0.397. The van der Waals surface area contributed by atoms with Crippen molar-refractivity contribution in [1.29, 1.82) is 0 Å². The van der Waals surface area contributed by atoms with Crippen molar-refractivity contribution in [3.05, 3.63) is 17.0 Å². The second-order valence-corrected chi connectivity index (χ2v) is 5.91. The van der Waals surface area contributed by atoms with Gasteiger partial charge in [-0.25, -0.2) is 0 Å². The van der Waals surface area contributed by atoms with Gasteiger partial charge in [-0.05, 0) is 39.5 Å². The maximum absolute atomic E-state index is 5.86. The van der Waals surface area contributed by atoms with Crippen LogP contribution in [0.1, 0.15) is 36.3 Å². The standard InChI is InChI=1S/C15H24N4O2/c1-9-12(10(2)21-19-9)6-7-17-15(16-3)18-13-8-11-4-5-14(13)20-11/h11,13-14H,4-8H2,1-3H3,(H2,16,17,18). The fourth-order valence-corrected chi connectivity index (χ4v) is 3.32. The van der Waals surface area contributed by atoms with Crippen LogP contribution in [0.4, 0.5) is 0 Å². The van der Waals surface area contributed by atoms with Crippen molar-refractivity contribution < 1.29 is 9.26 Å². The molecule has 0 saturated carbocycles. The third kappa shape index (κ3) is 3.05. The van der Waals surface area contributed by atoms with Gasteiger partial charge in [0.2, 0.25) is 0 Å². The number of aliphatic imine (C=N–C) groups is 1. The van der Waals surface area contributed by atoms with E-state index in [4.69, 9.17) is 9.26 Å². The van der Waals surface area contributed by atoms with E-state index >= 15 is 0 Å². The predicted molar refractivity (Wildman–Crippen MR) is 80.5 cm³/mol. The molecule has 21 heavy (non-hydrogen) atoms. The first-order valence-corrected chi connectivity index (χ1v) is 7.71. The summed E-state index contributed by atoms with van der Waals surface area (Å²) >= 11 is 0. The highest BCUT2D eigenvalue weighted by Crippen LogP contribution is 2.34. The number of nitrogens with one attached hydrogen (secondary N) is 2. The van der Waals surface area contributed by atoms with Crippen LogP contribution in [0.15, 0.2) is 9.52 Å². The molecule has 0 aromatic carbocycles. The third-order valence-electron chi connectivity index (χ3n) is 4.50. The summed E-state index contributed by atoms with van der Waals surface area (Å²) in [5.74, 6) is 1.75. The molecule has 2 aliphatic heterocycles. The van der Waals surface area contributed by atoms with Crippen LogP contribution in [0, 0.1) is 13.8 Å². The predicted octanol–water partition coefficient (Wildman–Crippen LogP) is 1.32. The first-order chi connectivity index (χ1) is 10.2. The maximum atomic E-state index is 5.86. The molecule has 2 saturated heterocycles. The lowest BCUT2D eigenvalue weighted by Gasteiger charge is -2.22. The van der Waals surface area contributed by atoms with Crippen LogP contribution >= 0.6 is 0 Å². The minimum atomic E-state index is 0.358. The van der Waals surface area contributed by atoms with Gasteiger partial charge in [-0.3, -0.25) is 4.99 Å². The van der Waals surface area contributed by atoms with Gasteiger partial charge in [-0.2, -0.15) is 0 Å². The van der Waals surface area contributed by atoms with E-state index in [2.05, 4.69) is 20.8 Å². The minimum absolute atomic E-state index is 0.358. The van der Waals surface area contributed by atoms with Crippen molar-refractivity contribution in [3.8, 4) is 0 Å². The zero-order valence-electron chi connectivity index (χ0n) is 13.0. The molecule has 6 nitrogen and oxygen atoms in total. The highest BCUT2D eigenvalue weighted by Gasteiger charge is 2.41. The smallest absolute Gasteiger partial charge is 0.191 e. The molecule has 3 atom stereocenters. The number of hydrogen-bond acceptors (Lipinski definition) is 4. The molecule has 2 aliphatic rings. The number of hydrogen-bond donors (Lipinski definition) is 2. The van der Waals surface area contributed by atoms with Crippen molar-refractivity contribution in [2.75, 3.05) is 13.6 Å². The van der Waals surface area contributed by atoms with Crippen molar-refractivity contribution in [1.82, 2.24) is 15.8 Å². The molecular weight excluding hydrogens is 268 g/mol. The Hall–Kier alpha value is -1.56. The van der Waals surface area contributed by atoms with Gasteiger partial charge in [0, 0.05) is 19.2 Å². The van der Waals surface area contributed by atoms with Gasteiger partial charge in [0.1, 0.15) is 5.76 Å². The van der Waals surface area contributed by atoms with E-state index in [1.165, 1.54) is 18.4 Å². The molecule has 3 heterocycles. The van der Waals surface area contributed by atoms with Crippen LogP contribution < -0.4 is 10.6 Å². The maximum Gasteiger partial charge on any atom is 0.191 e. The van der Waals surface area contributed by atoms with Crippen LogP contribution in [0.25, 0.3) is 0 Å². The Balaban J connectivity index is 1.47. The van der Waals surface area contributed by atoms with E-state index in [1.54, 1.807) is 7.05 Å². The molecule has 0 amide bonds. The van der Waals surface area contributed by atoms with Gasteiger partial charge >= 0.3 is 0 Å². The number of nitrogens with zero attached hydrogens (tertiary/aromatic N) is 2. The van der Waals surface area contributed by atoms with E-state index in [0.29, 0.717) is 18.2 Å². The fraction of sp³-hybridized carbons (Fsp3) is 0.733. The number of aryl methyl sites for hydroxylation is 2. The molecule has 0 spiro atoms. The highest BCUT2D eigenvalue weighted by molar-refractivity contribution is 5.80. The monoisotopic (exact) mass is 292 g/mol. The van der Waals surface area contributed by atoms with E-state index in [9.17, 15) is 0 Å². The number of ether oxygens (including phenoxy) is 1. The van der Waals surface area contributed by atoms with E-state index < -0.39 is 0 Å². The molecule has 2 N–H and O–H groups in total. The average molecular weight is 292 g/mol. The fourth-order valence-electron chi connectivity index (χ4n) is 3.32. The molecule has 116 valence electrons. The summed E-state index contributed by atoms with van der Waals surface area (Å²) in [5, 5.41) is 10.8. The second-order valence-electron chi connectivity index (χ2n) is 5.91. The van der Waals surface area contributed by atoms with Gasteiger partial charge in [-0.1, -0.05) is 5.16 Å².